The molecule has 5 nitrogen and oxygen atoms in total. The first kappa shape index (κ1) is 17.7. The molecule has 0 unspecified atom stereocenters. The summed E-state index contributed by atoms with van der Waals surface area (Å²) in [4.78, 5) is 27.7. The predicted molar refractivity (Wildman–Crippen MR) is 101 cm³/mol. The van der Waals surface area contributed by atoms with Gasteiger partial charge in [-0.2, -0.15) is 0 Å². The number of nitrogens with zero attached hydrogens (tertiary/aromatic N) is 1. The van der Waals surface area contributed by atoms with Gasteiger partial charge in [-0.3, -0.25) is 9.59 Å². The van der Waals surface area contributed by atoms with Crippen molar-refractivity contribution in [3.8, 4) is 0 Å². The van der Waals surface area contributed by atoms with Crippen molar-refractivity contribution >= 4 is 22.7 Å². The molecule has 1 aromatic carbocycles. The largest absolute Gasteiger partial charge is 0.457 e. The number of carbonyl (C=O) groups is 2. The van der Waals surface area contributed by atoms with Crippen LogP contribution in [-0.4, -0.2) is 27.9 Å². The summed E-state index contributed by atoms with van der Waals surface area (Å²) in [7, 11) is 0. The summed E-state index contributed by atoms with van der Waals surface area (Å²) in [6.07, 6.45) is 3.72. The molecule has 0 radical (unpaired) electrons. The van der Waals surface area contributed by atoms with Gasteiger partial charge in [-0.15, -0.1) is 6.58 Å². The zero-order chi connectivity index (χ0) is 18.7. The highest BCUT2D eigenvalue weighted by Gasteiger charge is 2.17. The van der Waals surface area contributed by atoms with Gasteiger partial charge in [0.25, 0.3) is 0 Å². The van der Waals surface area contributed by atoms with Crippen molar-refractivity contribution in [2.45, 2.75) is 26.8 Å². The second-order valence-corrected chi connectivity index (χ2v) is 6.30. The highest BCUT2D eigenvalue weighted by atomic mass is 16.5. The molecule has 26 heavy (non-hydrogen) atoms. The highest BCUT2D eigenvalue weighted by Crippen LogP contribution is 2.19. The minimum atomic E-state index is -0.414. The molecule has 0 aliphatic rings. The van der Waals surface area contributed by atoms with Crippen LogP contribution in [0, 0.1) is 13.8 Å². The average molecular weight is 350 g/mol. The molecular formula is C21H22N2O3. The SMILES string of the molecule is C=CCn1c(C)cc(C(=O)COC(=O)Cc2c[nH]c3ccccc23)c1C. The third kappa shape index (κ3) is 3.47. The molecule has 5 heteroatoms. The Morgan fingerprint density at radius 3 is 2.81 bits per heavy atom. The summed E-state index contributed by atoms with van der Waals surface area (Å²) in [5.74, 6) is -0.608. The maximum absolute atomic E-state index is 12.4. The Kier molecular flexibility index (Phi) is 5.07. The molecule has 0 amide bonds. The number of H-pyrrole nitrogens is 1. The first-order valence-electron chi connectivity index (χ1n) is 8.52. The van der Waals surface area contributed by atoms with Crippen molar-refractivity contribution in [2.24, 2.45) is 0 Å². The van der Waals surface area contributed by atoms with Gasteiger partial charge in [-0.25, -0.2) is 0 Å². The van der Waals surface area contributed by atoms with E-state index in [-0.39, 0.29) is 18.8 Å². The second-order valence-electron chi connectivity index (χ2n) is 6.30. The first-order chi connectivity index (χ1) is 12.5. The molecule has 3 aromatic rings. The van der Waals surface area contributed by atoms with Crippen molar-refractivity contribution < 1.29 is 14.3 Å². The van der Waals surface area contributed by atoms with Gasteiger partial charge in [0.1, 0.15) is 0 Å². The molecule has 2 heterocycles. The number of aromatic nitrogens is 2. The fourth-order valence-electron chi connectivity index (χ4n) is 3.20. The topological polar surface area (TPSA) is 64.1 Å². The van der Waals surface area contributed by atoms with Crippen molar-refractivity contribution in [3.63, 3.8) is 0 Å². The Bertz CT molecular complexity index is 978. The van der Waals surface area contributed by atoms with E-state index in [1.54, 1.807) is 12.3 Å². The Morgan fingerprint density at radius 2 is 2.04 bits per heavy atom. The number of esters is 1. The van der Waals surface area contributed by atoms with Crippen LogP contribution in [0.1, 0.15) is 27.3 Å². The minimum absolute atomic E-state index is 0.132. The number of aryl methyl sites for hydroxylation is 1. The lowest BCUT2D eigenvalue weighted by molar-refractivity contribution is -0.141. The number of carbonyl (C=O) groups excluding carboxylic acids is 2. The second kappa shape index (κ2) is 7.44. The number of fused-ring (bicyclic) bond motifs is 1. The lowest BCUT2D eigenvalue weighted by Gasteiger charge is -2.07. The normalized spacial score (nSPS) is 10.8. The van der Waals surface area contributed by atoms with E-state index in [4.69, 9.17) is 4.74 Å². The summed E-state index contributed by atoms with van der Waals surface area (Å²) in [5.41, 5.74) is 4.27. The number of aromatic amines is 1. The number of Topliss-reactive ketones (excluding diaryl/α,β-unsaturated/α-hetero) is 1. The zero-order valence-electron chi connectivity index (χ0n) is 15.0. The van der Waals surface area contributed by atoms with E-state index < -0.39 is 5.97 Å². The van der Waals surface area contributed by atoms with Crippen LogP contribution in [0.15, 0.2) is 49.2 Å². The Balaban J connectivity index is 1.63. The van der Waals surface area contributed by atoms with Gasteiger partial charge in [-0.05, 0) is 31.5 Å². The van der Waals surface area contributed by atoms with Crippen LogP contribution in [0.25, 0.3) is 10.9 Å². The van der Waals surface area contributed by atoms with Crippen molar-refractivity contribution in [3.05, 3.63) is 71.7 Å². The molecule has 0 saturated heterocycles. The predicted octanol–water partition coefficient (Wildman–Crippen LogP) is 3.74. The molecule has 0 aliphatic heterocycles. The van der Waals surface area contributed by atoms with Crippen LogP contribution in [0.4, 0.5) is 0 Å². The molecule has 0 saturated carbocycles. The lowest BCUT2D eigenvalue weighted by Crippen LogP contribution is -2.16. The summed E-state index contributed by atoms with van der Waals surface area (Å²) >= 11 is 0. The van der Waals surface area contributed by atoms with Gasteiger partial charge in [-0.1, -0.05) is 24.3 Å². The van der Waals surface area contributed by atoms with Gasteiger partial charge < -0.3 is 14.3 Å². The third-order valence-electron chi connectivity index (χ3n) is 4.56. The summed E-state index contributed by atoms with van der Waals surface area (Å²) < 4.78 is 7.22. The quantitative estimate of drug-likeness (QED) is 0.401. The van der Waals surface area contributed by atoms with Crippen LogP contribution >= 0.6 is 0 Å². The van der Waals surface area contributed by atoms with Crippen LogP contribution in [0.5, 0.6) is 0 Å². The van der Waals surface area contributed by atoms with E-state index in [2.05, 4.69) is 11.6 Å². The molecule has 134 valence electrons. The maximum Gasteiger partial charge on any atom is 0.310 e. The maximum atomic E-state index is 12.4. The lowest BCUT2D eigenvalue weighted by atomic mass is 10.1. The van der Waals surface area contributed by atoms with Crippen molar-refractivity contribution in [1.82, 2.24) is 9.55 Å². The van der Waals surface area contributed by atoms with Crippen molar-refractivity contribution in [2.75, 3.05) is 6.61 Å². The molecule has 1 N–H and O–H groups in total. The van der Waals surface area contributed by atoms with Gasteiger partial charge in [0, 0.05) is 40.6 Å². The summed E-state index contributed by atoms with van der Waals surface area (Å²) in [6.45, 7) is 7.95. The van der Waals surface area contributed by atoms with E-state index >= 15 is 0 Å². The number of ketones is 1. The highest BCUT2D eigenvalue weighted by molar-refractivity contribution is 5.99. The van der Waals surface area contributed by atoms with Gasteiger partial charge >= 0.3 is 5.97 Å². The van der Waals surface area contributed by atoms with Gasteiger partial charge in [0.2, 0.25) is 5.78 Å². The number of hydrogen-bond acceptors (Lipinski definition) is 3. The van der Waals surface area contributed by atoms with E-state index in [0.29, 0.717) is 12.1 Å². The molecule has 0 bridgehead atoms. The van der Waals surface area contributed by atoms with Crippen molar-refractivity contribution in [1.29, 1.82) is 0 Å². The van der Waals surface area contributed by atoms with E-state index in [9.17, 15) is 9.59 Å². The van der Waals surface area contributed by atoms with Gasteiger partial charge in [0.05, 0.1) is 6.42 Å². The minimum Gasteiger partial charge on any atom is -0.457 e. The number of hydrogen-bond donors (Lipinski definition) is 1. The third-order valence-corrected chi connectivity index (χ3v) is 4.56. The number of rotatable bonds is 7. The van der Waals surface area contributed by atoms with Crippen LogP contribution in [-0.2, 0) is 22.5 Å². The fourth-order valence-corrected chi connectivity index (χ4v) is 3.20. The van der Waals surface area contributed by atoms with Crippen LogP contribution < -0.4 is 0 Å². The molecule has 0 aliphatic carbocycles. The standard InChI is InChI=1S/C21H22N2O3/c1-4-9-23-14(2)10-18(15(23)3)20(24)13-26-21(25)11-16-12-22-19-8-6-5-7-17(16)19/h4-8,10,12,22H,1,9,11,13H2,2-3H3. The van der Waals surface area contributed by atoms with Crippen LogP contribution in [0.3, 0.4) is 0 Å². The first-order valence-corrected chi connectivity index (χ1v) is 8.52. The average Bonchev–Trinajstić information content (AvgIpc) is 3.16. The monoisotopic (exact) mass is 350 g/mol. The smallest absolute Gasteiger partial charge is 0.310 e. The van der Waals surface area contributed by atoms with Crippen LogP contribution in [0.2, 0.25) is 0 Å². The van der Waals surface area contributed by atoms with Gasteiger partial charge in [0.15, 0.2) is 6.61 Å². The van der Waals surface area contributed by atoms with E-state index in [1.807, 2.05) is 48.7 Å². The number of benzene rings is 1. The molecule has 0 spiro atoms. The Labute approximate surface area is 152 Å². The zero-order valence-corrected chi connectivity index (χ0v) is 15.0. The summed E-state index contributed by atoms with van der Waals surface area (Å²) in [6, 6.07) is 9.59. The fraction of sp³-hybridized carbons (Fsp3) is 0.238. The molecule has 2 aromatic heterocycles. The van der Waals surface area contributed by atoms with E-state index in [0.717, 1.165) is 27.9 Å². The Hall–Kier alpha value is -3.08. The molecule has 3 rings (SSSR count). The molecule has 0 atom stereocenters. The number of nitrogens with one attached hydrogen (secondary N) is 1. The summed E-state index contributed by atoms with van der Waals surface area (Å²) in [5, 5.41) is 0.990. The molecular weight excluding hydrogens is 328 g/mol. The van der Waals surface area contributed by atoms with E-state index in [1.165, 1.54) is 0 Å². The number of allylic oxidation sites excluding steroid dienone is 1. The molecule has 0 fully saturated rings. The number of ether oxygens (including phenoxy) is 1. The number of para-hydroxylation sites is 1. The Morgan fingerprint density at radius 1 is 1.27 bits per heavy atom.